The number of halogens is 2. The van der Waals surface area contributed by atoms with E-state index in [0.29, 0.717) is 0 Å². The van der Waals surface area contributed by atoms with E-state index >= 15 is 0 Å². The molecule has 1 aliphatic rings. The number of aliphatic hydroxyl groups excluding tert-OH is 1. The number of rotatable bonds is 2. The highest BCUT2D eigenvalue weighted by Gasteiger charge is 2.42. The van der Waals surface area contributed by atoms with Gasteiger partial charge in [-0.15, -0.1) is 0 Å². The third-order valence-electron chi connectivity index (χ3n) is 2.31. The predicted octanol–water partition coefficient (Wildman–Crippen LogP) is 1.43. The molecule has 2 nitrogen and oxygen atoms in total. The Balaban J connectivity index is 2.50. The van der Waals surface area contributed by atoms with Crippen molar-refractivity contribution in [2.45, 2.75) is 38.4 Å². The SMILES string of the molecule is CC1(C)OCC(CC(F)F)C1O. The number of aliphatic hydroxyl groups is 1. The van der Waals surface area contributed by atoms with E-state index in [2.05, 4.69) is 0 Å². The Kier molecular flexibility index (Phi) is 2.68. The molecule has 0 radical (unpaired) electrons. The maximum absolute atomic E-state index is 11.9. The van der Waals surface area contributed by atoms with Gasteiger partial charge in [-0.1, -0.05) is 0 Å². The van der Waals surface area contributed by atoms with Crippen LogP contribution in [0.25, 0.3) is 0 Å². The van der Waals surface area contributed by atoms with Crippen LogP contribution >= 0.6 is 0 Å². The van der Waals surface area contributed by atoms with Gasteiger partial charge in [-0.25, -0.2) is 8.78 Å². The lowest BCUT2D eigenvalue weighted by Gasteiger charge is -2.23. The standard InChI is InChI=1S/C8H14F2O2/c1-8(2)7(11)5(4-12-8)3-6(9)10/h5-7,11H,3-4H2,1-2H3. The minimum Gasteiger partial charge on any atom is -0.390 e. The first kappa shape index (κ1) is 9.86. The van der Waals surface area contributed by atoms with E-state index in [4.69, 9.17) is 4.74 Å². The van der Waals surface area contributed by atoms with Crippen LogP contribution in [0.1, 0.15) is 20.3 Å². The summed E-state index contributed by atoms with van der Waals surface area (Å²) in [7, 11) is 0. The van der Waals surface area contributed by atoms with E-state index in [1.54, 1.807) is 13.8 Å². The average Bonchev–Trinajstić information content (AvgIpc) is 2.15. The van der Waals surface area contributed by atoms with Crippen molar-refractivity contribution in [1.82, 2.24) is 0 Å². The van der Waals surface area contributed by atoms with Crippen molar-refractivity contribution in [2.75, 3.05) is 6.61 Å². The molecule has 0 aromatic carbocycles. The van der Waals surface area contributed by atoms with Gasteiger partial charge in [0.2, 0.25) is 6.43 Å². The van der Waals surface area contributed by atoms with Crippen LogP contribution in [-0.4, -0.2) is 29.8 Å². The van der Waals surface area contributed by atoms with Gasteiger partial charge in [-0.3, -0.25) is 0 Å². The first-order valence-electron chi connectivity index (χ1n) is 4.03. The van der Waals surface area contributed by atoms with Crippen LogP contribution in [0.2, 0.25) is 0 Å². The van der Waals surface area contributed by atoms with Crippen molar-refractivity contribution in [1.29, 1.82) is 0 Å². The lowest BCUT2D eigenvalue weighted by molar-refractivity contribution is -0.0329. The van der Waals surface area contributed by atoms with Gasteiger partial charge in [0, 0.05) is 12.3 Å². The monoisotopic (exact) mass is 180 g/mol. The number of alkyl halides is 2. The van der Waals surface area contributed by atoms with Crippen molar-refractivity contribution in [2.24, 2.45) is 5.92 Å². The molecular formula is C8H14F2O2. The summed E-state index contributed by atoms with van der Waals surface area (Å²) in [6, 6.07) is 0. The number of ether oxygens (including phenoxy) is 1. The van der Waals surface area contributed by atoms with Crippen LogP contribution in [-0.2, 0) is 4.74 Å². The Labute approximate surface area is 70.5 Å². The molecule has 0 aromatic rings. The summed E-state index contributed by atoms with van der Waals surface area (Å²) in [6.07, 6.45) is -3.40. The van der Waals surface area contributed by atoms with E-state index in [0.717, 1.165) is 0 Å². The van der Waals surface area contributed by atoms with Gasteiger partial charge in [-0.05, 0) is 13.8 Å². The molecule has 1 rings (SSSR count). The minimum absolute atomic E-state index is 0.235. The molecule has 1 fully saturated rings. The Morgan fingerprint density at radius 1 is 1.58 bits per heavy atom. The van der Waals surface area contributed by atoms with Crippen LogP contribution in [0.5, 0.6) is 0 Å². The third kappa shape index (κ3) is 1.93. The highest BCUT2D eigenvalue weighted by molar-refractivity contribution is 4.90. The van der Waals surface area contributed by atoms with Gasteiger partial charge in [0.1, 0.15) is 0 Å². The first-order chi connectivity index (χ1) is 5.43. The summed E-state index contributed by atoms with van der Waals surface area (Å²) in [5, 5.41) is 9.51. The van der Waals surface area contributed by atoms with Crippen LogP contribution in [0, 0.1) is 5.92 Å². The summed E-state index contributed by atoms with van der Waals surface area (Å²) in [5.41, 5.74) is -0.667. The zero-order chi connectivity index (χ0) is 9.35. The lowest BCUT2D eigenvalue weighted by atomic mass is 9.92. The summed E-state index contributed by atoms with van der Waals surface area (Å²) in [4.78, 5) is 0. The summed E-state index contributed by atoms with van der Waals surface area (Å²) in [6.45, 7) is 3.66. The molecule has 0 saturated carbocycles. The fourth-order valence-electron chi connectivity index (χ4n) is 1.49. The van der Waals surface area contributed by atoms with Crippen molar-refractivity contribution < 1.29 is 18.6 Å². The van der Waals surface area contributed by atoms with Crippen molar-refractivity contribution in [3.63, 3.8) is 0 Å². The highest BCUT2D eigenvalue weighted by atomic mass is 19.3. The molecule has 1 heterocycles. The molecule has 0 aliphatic carbocycles. The quantitative estimate of drug-likeness (QED) is 0.696. The number of hydrogen-bond donors (Lipinski definition) is 1. The Hall–Kier alpha value is -0.220. The molecular weight excluding hydrogens is 166 g/mol. The molecule has 1 saturated heterocycles. The van der Waals surface area contributed by atoms with Crippen LogP contribution in [0.3, 0.4) is 0 Å². The molecule has 72 valence electrons. The second-order valence-electron chi connectivity index (χ2n) is 3.75. The molecule has 12 heavy (non-hydrogen) atoms. The van der Waals surface area contributed by atoms with Crippen LogP contribution in [0.4, 0.5) is 8.78 Å². The lowest BCUT2D eigenvalue weighted by Crippen LogP contribution is -2.35. The van der Waals surface area contributed by atoms with E-state index in [1.807, 2.05) is 0 Å². The van der Waals surface area contributed by atoms with Gasteiger partial charge in [0.25, 0.3) is 0 Å². The predicted molar refractivity (Wildman–Crippen MR) is 40.1 cm³/mol. The molecule has 0 spiro atoms. The molecule has 2 atom stereocenters. The normalized spacial score (nSPS) is 34.5. The van der Waals surface area contributed by atoms with Gasteiger partial charge in [0.15, 0.2) is 0 Å². The molecule has 0 aromatic heterocycles. The molecule has 0 bridgehead atoms. The molecule has 1 N–H and O–H groups in total. The Morgan fingerprint density at radius 3 is 2.50 bits per heavy atom. The van der Waals surface area contributed by atoms with Gasteiger partial charge >= 0.3 is 0 Å². The van der Waals surface area contributed by atoms with Crippen LogP contribution in [0.15, 0.2) is 0 Å². The molecule has 4 heteroatoms. The van der Waals surface area contributed by atoms with E-state index in [-0.39, 0.29) is 13.0 Å². The second kappa shape index (κ2) is 3.26. The van der Waals surface area contributed by atoms with Gasteiger partial charge in [0.05, 0.1) is 18.3 Å². The fraction of sp³-hybridized carbons (Fsp3) is 1.00. The minimum atomic E-state index is -2.36. The zero-order valence-electron chi connectivity index (χ0n) is 7.26. The molecule has 0 amide bonds. The van der Waals surface area contributed by atoms with E-state index in [9.17, 15) is 13.9 Å². The molecule has 2 unspecified atom stereocenters. The largest absolute Gasteiger partial charge is 0.390 e. The Bertz CT molecular complexity index is 159. The Morgan fingerprint density at radius 2 is 2.17 bits per heavy atom. The van der Waals surface area contributed by atoms with E-state index < -0.39 is 24.0 Å². The fourth-order valence-corrected chi connectivity index (χ4v) is 1.49. The summed E-state index contributed by atoms with van der Waals surface area (Å²) >= 11 is 0. The zero-order valence-corrected chi connectivity index (χ0v) is 7.26. The third-order valence-corrected chi connectivity index (χ3v) is 2.31. The average molecular weight is 180 g/mol. The maximum Gasteiger partial charge on any atom is 0.239 e. The first-order valence-corrected chi connectivity index (χ1v) is 4.03. The highest BCUT2D eigenvalue weighted by Crippen LogP contribution is 2.32. The van der Waals surface area contributed by atoms with Crippen molar-refractivity contribution >= 4 is 0 Å². The van der Waals surface area contributed by atoms with Crippen molar-refractivity contribution in [3.8, 4) is 0 Å². The summed E-state index contributed by atoms with van der Waals surface area (Å²) in [5.74, 6) is -0.417. The maximum atomic E-state index is 11.9. The van der Waals surface area contributed by atoms with Crippen LogP contribution < -0.4 is 0 Å². The number of hydrogen-bond acceptors (Lipinski definition) is 2. The van der Waals surface area contributed by atoms with Gasteiger partial charge in [-0.2, -0.15) is 0 Å². The van der Waals surface area contributed by atoms with E-state index in [1.165, 1.54) is 0 Å². The topological polar surface area (TPSA) is 29.5 Å². The van der Waals surface area contributed by atoms with Crippen molar-refractivity contribution in [3.05, 3.63) is 0 Å². The summed E-state index contributed by atoms with van der Waals surface area (Å²) < 4.78 is 29.1. The molecule has 1 aliphatic heterocycles. The smallest absolute Gasteiger partial charge is 0.239 e. The van der Waals surface area contributed by atoms with Gasteiger partial charge < -0.3 is 9.84 Å². The second-order valence-corrected chi connectivity index (χ2v) is 3.75.